The first-order valence-corrected chi connectivity index (χ1v) is 14.5. The number of benzene rings is 2. The Bertz CT molecular complexity index is 1350. The summed E-state index contributed by atoms with van der Waals surface area (Å²) in [7, 11) is 3.18. The number of piperidine rings is 1. The predicted octanol–water partition coefficient (Wildman–Crippen LogP) is 4.92. The van der Waals surface area contributed by atoms with E-state index in [4.69, 9.17) is 20.2 Å². The number of ether oxygens (including phenoxy) is 2. The molecule has 4 N–H and O–H groups in total. The lowest BCUT2D eigenvalue weighted by Crippen LogP contribution is -2.33. The number of hydrogen-bond acceptors (Lipinski definition) is 7. The largest absolute Gasteiger partial charge is 0.493 e. The third-order valence-electron chi connectivity index (χ3n) is 7.28. The number of likely N-dealkylation sites (tertiary alicyclic amines) is 1. The van der Waals surface area contributed by atoms with E-state index in [9.17, 15) is 9.59 Å². The number of allylic oxidation sites excluding steroid dienone is 4. The Morgan fingerprint density at radius 1 is 1.02 bits per heavy atom. The maximum Gasteiger partial charge on any atom is 0.271 e. The molecule has 2 aliphatic heterocycles. The molecule has 2 aromatic carbocycles. The number of methoxy groups -OCH3 is 2. The summed E-state index contributed by atoms with van der Waals surface area (Å²) in [6, 6.07) is 12.4. The Hall–Kier alpha value is -4.37. The van der Waals surface area contributed by atoms with Crippen LogP contribution in [0.1, 0.15) is 54.4 Å². The standard InChI is InChI=1S/C33H41N5O4/c1-41-30-17-14-25(22-31(30)42-2)29-11-6-3-5-10-27(36-29)23-28(34)33(40)37-26-15-12-24(13-16-26)32(39)35-18-9-21-38-19-7-4-8-20-38/h3,6,11-17,22-23H,4-5,7-10,18-21,34H2,1-2H3,(H,35,39)(H,37,40)/b6-3-,28-23-,29-11-,36-27+. The second-order valence-electron chi connectivity index (χ2n) is 10.3. The smallest absolute Gasteiger partial charge is 0.271 e. The summed E-state index contributed by atoms with van der Waals surface area (Å²) in [5.74, 6) is 0.664. The van der Waals surface area contributed by atoms with Gasteiger partial charge in [-0.05, 0) is 106 Å². The molecule has 0 bridgehead atoms. The van der Waals surface area contributed by atoms with Crippen LogP contribution in [0, 0.1) is 0 Å². The Morgan fingerprint density at radius 2 is 1.79 bits per heavy atom. The normalized spacial score (nSPS) is 19.2. The first-order valence-electron chi connectivity index (χ1n) is 14.5. The van der Waals surface area contributed by atoms with Gasteiger partial charge in [0.15, 0.2) is 11.5 Å². The van der Waals surface area contributed by atoms with Gasteiger partial charge in [0.2, 0.25) is 0 Å². The molecule has 1 saturated heterocycles. The summed E-state index contributed by atoms with van der Waals surface area (Å²) in [4.78, 5) is 32.7. The van der Waals surface area contributed by atoms with Crippen molar-refractivity contribution in [2.75, 3.05) is 45.7 Å². The number of anilines is 1. The van der Waals surface area contributed by atoms with Gasteiger partial charge in [0.05, 0.1) is 25.6 Å². The van der Waals surface area contributed by atoms with Crippen molar-refractivity contribution in [1.29, 1.82) is 0 Å². The number of amides is 2. The lowest BCUT2D eigenvalue weighted by molar-refractivity contribution is -0.112. The Labute approximate surface area is 248 Å². The fraction of sp³-hybridized carbons (Fsp3) is 0.364. The summed E-state index contributed by atoms with van der Waals surface area (Å²) in [6.45, 7) is 3.96. The van der Waals surface area contributed by atoms with E-state index in [-0.39, 0.29) is 11.6 Å². The van der Waals surface area contributed by atoms with E-state index in [0.29, 0.717) is 47.1 Å². The van der Waals surface area contributed by atoms with Crippen LogP contribution in [0.3, 0.4) is 0 Å². The molecule has 2 amide bonds. The van der Waals surface area contributed by atoms with Crippen LogP contribution < -0.4 is 25.8 Å². The Kier molecular flexibility index (Phi) is 11.3. The van der Waals surface area contributed by atoms with Crippen molar-refractivity contribution in [2.24, 2.45) is 10.7 Å². The molecule has 2 aromatic rings. The van der Waals surface area contributed by atoms with Crippen LogP contribution in [0.5, 0.6) is 11.5 Å². The third kappa shape index (κ3) is 8.81. The molecule has 2 aliphatic rings. The van der Waals surface area contributed by atoms with Gasteiger partial charge in [-0.2, -0.15) is 0 Å². The van der Waals surface area contributed by atoms with Gasteiger partial charge in [-0.3, -0.25) is 14.6 Å². The van der Waals surface area contributed by atoms with Gasteiger partial charge < -0.3 is 30.7 Å². The van der Waals surface area contributed by atoms with E-state index in [1.165, 1.54) is 19.3 Å². The van der Waals surface area contributed by atoms with Crippen LogP contribution in [0.2, 0.25) is 0 Å². The highest BCUT2D eigenvalue weighted by Crippen LogP contribution is 2.31. The van der Waals surface area contributed by atoms with Crippen LogP contribution in [-0.2, 0) is 4.79 Å². The van der Waals surface area contributed by atoms with E-state index >= 15 is 0 Å². The lowest BCUT2D eigenvalue weighted by atomic mass is 10.1. The molecule has 9 nitrogen and oxygen atoms in total. The lowest BCUT2D eigenvalue weighted by Gasteiger charge is -2.26. The number of hydrogen-bond donors (Lipinski definition) is 3. The minimum Gasteiger partial charge on any atom is -0.493 e. The van der Waals surface area contributed by atoms with Gasteiger partial charge in [0.25, 0.3) is 11.8 Å². The molecule has 0 saturated carbocycles. The summed E-state index contributed by atoms with van der Waals surface area (Å²) < 4.78 is 10.8. The first-order chi connectivity index (χ1) is 20.5. The van der Waals surface area contributed by atoms with Gasteiger partial charge in [-0.25, -0.2) is 0 Å². The SMILES string of the molecule is COc1ccc(C2=C/C=C\CCC(/C=C(\N)C(=O)Nc3ccc(C(=O)NCCCN4CCCCC4)cc3)=N\2)cc1OC. The number of nitrogens with zero attached hydrogens (tertiary/aromatic N) is 2. The number of rotatable bonds is 11. The van der Waals surface area contributed by atoms with Crippen molar-refractivity contribution in [3.63, 3.8) is 0 Å². The maximum atomic E-state index is 12.9. The van der Waals surface area contributed by atoms with E-state index < -0.39 is 5.91 Å². The molecule has 42 heavy (non-hydrogen) atoms. The quantitative estimate of drug-likeness (QED) is 0.260. The molecule has 0 aromatic heterocycles. The molecule has 4 rings (SSSR count). The second-order valence-corrected chi connectivity index (χ2v) is 10.3. The van der Waals surface area contributed by atoms with Gasteiger partial charge in [0.1, 0.15) is 0 Å². The molecule has 0 unspecified atom stereocenters. The fourth-order valence-electron chi connectivity index (χ4n) is 4.94. The van der Waals surface area contributed by atoms with E-state index in [2.05, 4.69) is 15.5 Å². The monoisotopic (exact) mass is 571 g/mol. The zero-order chi connectivity index (χ0) is 29.7. The summed E-state index contributed by atoms with van der Waals surface area (Å²) in [6.07, 6.45) is 13.7. The second kappa shape index (κ2) is 15.6. The number of aliphatic imine (C=N–C) groups is 1. The summed E-state index contributed by atoms with van der Waals surface area (Å²) in [5.41, 5.74) is 9.55. The summed E-state index contributed by atoms with van der Waals surface area (Å²) >= 11 is 0. The third-order valence-corrected chi connectivity index (χ3v) is 7.28. The Morgan fingerprint density at radius 3 is 2.52 bits per heavy atom. The van der Waals surface area contributed by atoms with Crippen LogP contribution in [0.15, 0.2) is 77.5 Å². The fourth-order valence-corrected chi connectivity index (χ4v) is 4.94. The van der Waals surface area contributed by atoms with Gasteiger partial charge in [-0.15, -0.1) is 0 Å². The average Bonchev–Trinajstić information content (AvgIpc) is 3.00. The Balaban J connectivity index is 1.34. The van der Waals surface area contributed by atoms with E-state index in [1.807, 2.05) is 36.4 Å². The highest BCUT2D eigenvalue weighted by atomic mass is 16.5. The average molecular weight is 572 g/mol. The number of nitrogens with two attached hydrogens (primary N) is 1. The minimum atomic E-state index is -0.443. The molecule has 0 atom stereocenters. The molecule has 9 heteroatoms. The van der Waals surface area contributed by atoms with Crippen molar-refractivity contribution in [3.05, 3.63) is 83.6 Å². The van der Waals surface area contributed by atoms with Gasteiger partial charge in [-0.1, -0.05) is 18.6 Å². The van der Waals surface area contributed by atoms with Crippen LogP contribution in [0.4, 0.5) is 5.69 Å². The highest BCUT2D eigenvalue weighted by Gasteiger charge is 2.13. The van der Waals surface area contributed by atoms with E-state index in [0.717, 1.165) is 38.0 Å². The molecule has 0 aliphatic carbocycles. The number of carbonyl (C=O) groups excluding carboxylic acids is 2. The van der Waals surface area contributed by atoms with Crippen LogP contribution >= 0.6 is 0 Å². The summed E-state index contributed by atoms with van der Waals surface area (Å²) in [5, 5.41) is 5.78. The highest BCUT2D eigenvalue weighted by molar-refractivity contribution is 6.09. The number of carbonyl (C=O) groups is 2. The zero-order valence-electron chi connectivity index (χ0n) is 24.5. The molecular weight excluding hydrogens is 530 g/mol. The van der Waals surface area contributed by atoms with Gasteiger partial charge in [0, 0.05) is 29.1 Å². The van der Waals surface area contributed by atoms with Crippen molar-refractivity contribution in [1.82, 2.24) is 10.2 Å². The van der Waals surface area contributed by atoms with Crippen LogP contribution in [-0.4, -0.2) is 62.8 Å². The molecule has 222 valence electrons. The first kappa shape index (κ1) is 30.6. The molecule has 1 fully saturated rings. The van der Waals surface area contributed by atoms with Crippen LogP contribution in [0.25, 0.3) is 5.70 Å². The molecule has 0 spiro atoms. The topological polar surface area (TPSA) is 118 Å². The minimum absolute atomic E-state index is 0.0421. The predicted molar refractivity (Wildman–Crippen MR) is 168 cm³/mol. The number of nitrogens with one attached hydrogen (secondary N) is 2. The maximum absolute atomic E-state index is 12.9. The van der Waals surface area contributed by atoms with Crippen molar-refractivity contribution in [2.45, 2.75) is 38.5 Å². The van der Waals surface area contributed by atoms with Crippen molar-refractivity contribution >= 4 is 28.9 Å². The zero-order valence-corrected chi connectivity index (χ0v) is 24.5. The van der Waals surface area contributed by atoms with E-state index in [1.54, 1.807) is 44.6 Å². The van der Waals surface area contributed by atoms with Crippen molar-refractivity contribution in [3.8, 4) is 11.5 Å². The molecule has 2 heterocycles. The molecular formula is C33H41N5O4. The van der Waals surface area contributed by atoms with Gasteiger partial charge >= 0.3 is 0 Å². The van der Waals surface area contributed by atoms with Crippen molar-refractivity contribution < 1.29 is 19.1 Å². The molecule has 0 radical (unpaired) electrons.